The topological polar surface area (TPSA) is 84.9 Å². The van der Waals surface area contributed by atoms with E-state index in [1.807, 2.05) is 19.1 Å². The Kier molecular flexibility index (Phi) is 7.49. The van der Waals surface area contributed by atoms with Crippen LogP contribution < -0.4 is 19.7 Å². The largest absolute Gasteiger partial charge is 0.493 e. The molecule has 0 atom stereocenters. The molecule has 1 fully saturated rings. The van der Waals surface area contributed by atoms with Gasteiger partial charge >= 0.3 is 6.03 Å². The van der Waals surface area contributed by atoms with Gasteiger partial charge in [-0.1, -0.05) is 47.1 Å². The van der Waals surface area contributed by atoms with Crippen LogP contribution in [0, 0.1) is 5.82 Å². The van der Waals surface area contributed by atoms with Crippen LogP contribution in [0.4, 0.5) is 14.9 Å². The van der Waals surface area contributed by atoms with E-state index in [4.69, 9.17) is 9.47 Å². The van der Waals surface area contributed by atoms with Gasteiger partial charge in [-0.15, -0.1) is 0 Å². The molecule has 1 aliphatic heterocycles. The Balaban J connectivity index is 1.62. The normalized spacial score (nSPS) is 14.7. The Hall–Kier alpha value is -3.98. The average molecular weight is 553 g/mol. The summed E-state index contributed by atoms with van der Waals surface area (Å²) in [6.07, 6.45) is 2.19. The van der Waals surface area contributed by atoms with Crippen LogP contribution in [0.2, 0.25) is 0 Å². The third kappa shape index (κ3) is 5.31. The zero-order chi connectivity index (χ0) is 25.8. The molecule has 0 unspecified atom stereocenters. The minimum Gasteiger partial charge on any atom is -0.493 e. The molecule has 0 bridgehead atoms. The number of nitrogens with zero attached hydrogens (tertiary/aromatic N) is 1. The van der Waals surface area contributed by atoms with Crippen molar-refractivity contribution in [2.24, 2.45) is 0 Å². The van der Waals surface area contributed by atoms with Crippen LogP contribution in [-0.2, 0) is 22.6 Å². The highest BCUT2D eigenvalue weighted by Crippen LogP contribution is 2.35. The van der Waals surface area contributed by atoms with Gasteiger partial charge < -0.3 is 9.47 Å². The Morgan fingerprint density at radius 1 is 0.972 bits per heavy atom. The first-order valence-corrected chi connectivity index (χ1v) is 11.8. The number of halogens is 2. The van der Waals surface area contributed by atoms with E-state index in [1.165, 1.54) is 25.3 Å². The van der Waals surface area contributed by atoms with Gasteiger partial charge in [-0.3, -0.25) is 14.9 Å². The van der Waals surface area contributed by atoms with Crippen LogP contribution in [0.1, 0.15) is 23.6 Å². The van der Waals surface area contributed by atoms with Gasteiger partial charge in [0, 0.05) is 4.47 Å². The number of methoxy groups -OCH3 is 1. The standard InChI is InChI=1S/C27H22BrFN2O5/c1-3-16-6-10-20(11-7-16)31-26(33)21(25(32)30-27(31)34)12-18-13-23(35-2)24(14-22(18)28)36-15-17-4-8-19(29)9-5-17/h4-14H,3,15H2,1-2H3,(H,30,32,34)/b21-12-. The zero-order valence-corrected chi connectivity index (χ0v) is 21.1. The van der Waals surface area contributed by atoms with Crippen molar-refractivity contribution in [1.82, 2.24) is 5.32 Å². The molecule has 36 heavy (non-hydrogen) atoms. The molecule has 4 rings (SSSR count). The van der Waals surface area contributed by atoms with Gasteiger partial charge in [-0.2, -0.15) is 0 Å². The summed E-state index contributed by atoms with van der Waals surface area (Å²) < 4.78 is 24.9. The molecule has 1 heterocycles. The number of urea groups is 1. The van der Waals surface area contributed by atoms with Gasteiger partial charge in [0.1, 0.15) is 18.0 Å². The fourth-order valence-electron chi connectivity index (χ4n) is 3.60. The van der Waals surface area contributed by atoms with Crippen molar-refractivity contribution in [3.8, 4) is 11.5 Å². The molecule has 4 amide bonds. The van der Waals surface area contributed by atoms with Crippen LogP contribution in [0.25, 0.3) is 6.08 Å². The zero-order valence-electron chi connectivity index (χ0n) is 19.5. The molecule has 3 aromatic rings. The number of ether oxygens (including phenoxy) is 2. The molecule has 3 aromatic carbocycles. The van der Waals surface area contributed by atoms with E-state index in [1.54, 1.807) is 36.4 Å². The summed E-state index contributed by atoms with van der Waals surface area (Å²) in [6, 6.07) is 15.3. The van der Waals surface area contributed by atoms with E-state index in [9.17, 15) is 18.8 Å². The van der Waals surface area contributed by atoms with Crippen LogP contribution in [0.15, 0.2) is 70.7 Å². The molecule has 9 heteroatoms. The van der Waals surface area contributed by atoms with Gasteiger partial charge in [0.25, 0.3) is 11.8 Å². The van der Waals surface area contributed by atoms with Crippen molar-refractivity contribution >= 4 is 45.5 Å². The highest BCUT2D eigenvalue weighted by atomic mass is 79.9. The first kappa shape index (κ1) is 25.1. The number of nitrogens with one attached hydrogen (secondary N) is 1. The predicted octanol–water partition coefficient (Wildman–Crippen LogP) is 5.40. The SMILES string of the molecule is CCc1ccc(N2C(=O)NC(=O)/C(=C/c3cc(OC)c(OCc4ccc(F)cc4)cc3Br)C2=O)cc1. The van der Waals surface area contributed by atoms with Crippen molar-refractivity contribution in [3.05, 3.63) is 93.2 Å². The number of benzene rings is 3. The monoisotopic (exact) mass is 552 g/mol. The highest BCUT2D eigenvalue weighted by molar-refractivity contribution is 9.10. The van der Waals surface area contributed by atoms with Crippen LogP contribution in [0.3, 0.4) is 0 Å². The summed E-state index contributed by atoms with van der Waals surface area (Å²) in [4.78, 5) is 39.2. The Labute approximate surface area is 215 Å². The number of imide groups is 2. The molecule has 184 valence electrons. The Morgan fingerprint density at radius 2 is 1.64 bits per heavy atom. The number of barbiturate groups is 1. The number of aryl methyl sites for hydroxylation is 1. The third-order valence-corrected chi connectivity index (χ3v) is 6.28. The fraction of sp³-hybridized carbons (Fsp3) is 0.148. The summed E-state index contributed by atoms with van der Waals surface area (Å²) in [7, 11) is 1.46. The lowest BCUT2D eigenvalue weighted by molar-refractivity contribution is -0.122. The summed E-state index contributed by atoms with van der Waals surface area (Å²) in [5.41, 5.74) is 2.43. The van der Waals surface area contributed by atoms with E-state index in [2.05, 4.69) is 21.2 Å². The van der Waals surface area contributed by atoms with Crippen LogP contribution >= 0.6 is 15.9 Å². The second-order valence-electron chi connectivity index (χ2n) is 7.92. The van der Waals surface area contributed by atoms with Gasteiger partial charge in [-0.05, 0) is 65.6 Å². The summed E-state index contributed by atoms with van der Waals surface area (Å²) >= 11 is 3.45. The smallest absolute Gasteiger partial charge is 0.335 e. The maximum absolute atomic E-state index is 13.2. The molecule has 0 saturated carbocycles. The lowest BCUT2D eigenvalue weighted by atomic mass is 10.1. The van der Waals surface area contributed by atoms with Gasteiger partial charge in [0.05, 0.1) is 12.8 Å². The first-order valence-electron chi connectivity index (χ1n) is 11.1. The molecular weight excluding hydrogens is 531 g/mol. The molecule has 0 aliphatic carbocycles. The molecule has 0 aromatic heterocycles. The predicted molar refractivity (Wildman–Crippen MR) is 136 cm³/mol. The van der Waals surface area contributed by atoms with Crippen molar-refractivity contribution in [3.63, 3.8) is 0 Å². The minimum absolute atomic E-state index is 0.179. The maximum atomic E-state index is 13.2. The molecule has 1 N–H and O–H groups in total. The minimum atomic E-state index is -0.812. The lowest BCUT2D eigenvalue weighted by Crippen LogP contribution is -2.54. The third-order valence-electron chi connectivity index (χ3n) is 5.59. The molecule has 0 spiro atoms. The highest BCUT2D eigenvalue weighted by Gasteiger charge is 2.37. The van der Waals surface area contributed by atoms with Crippen molar-refractivity contribution < 1.29 is 28.2 Å². The second kappa shape index (κ2) is 10.7. The fourth-order valence-corrected chi connectivity index (χ4v) is 4.04. The first-order chi connectivity index (χ1) is 17.3. The average Bonchev–Trinajstić information content (AvgIpc) is 2.87. The number of rotatable bonds is 7. The number of hydrogen-bond acceptors (Lipinski definition) is 5. The number of carbonyl (C=O) groups excluding carboxylic acids is 3. The maximum Gasteiger partial charge on any atom is 0.335 e. The van der Waals surface area contributed by atoms with E-state index in [0.717, 1.165) is 22.4 Å². The quantitative estimate of drug-likeness (QED) is 0.313. The van der Waals surface area contributed by atoms with Crippen LogP contribution in [-0.4, -0.2) is 25.0 Å². The summed E-state index contributed by atoms with van der Waals surface area (Å²) in [6.45, 7) is 2.18. The molecule has 1 aliphatic rings. The van der Waals surface area contributed by atoms with Gasteiger partial charge in [0.15, 0.2) is 11.5 Å². The summed E-state index contributed by atoms with van der Waals surface area (Å²) in [5, 5.41) is 2.22. The van der Waals surface area contributed by atoms with Crippen molar-refractivity contribution in [2.75, 3.05) is 12.0 Å². The molecule has 1 saturated heterocycles. The number of amides is 4. The van der Waals surface area contributed by atoms with E-state index in [0.29, 0.717) is 27.2 Å². The van der Waals surface area contributed by atoms with Crippen LogP contribution in [0.5, 0.6) is 11.5 Å². The van der Waals surface area contributed by atoms with Gasteiger partial charge in [0.2, 0.25) is 0 Å². The molecule has 7 nitrogen and oxygen atoms in total. The molecule has 0 radical (unpaired) electrons. The van der Waals surface area contributed by atoms with E-state index in [-0.39, 0.29) is 18.0 Å². The Bertz CT molecular complexity index is 1350. The van der Waals surface area contributed by atoms with E-state index < -0.39 is 17.8 Å². The molecular formula is C27H22BrFN2O5. The number of carbonyl (C=O) groups is 3. The second-order valence-corrected chi connectivity index (χ2v) is 8.77. The van der Waals surface area contributed by atoms with Gasteiger partial charge in [-0.25, -0.2) is 14.1 Å². The summed E-state index contributed by atoms with van der Waals surface area (Å²) in [5.74, 6) is -1.11. The van der Waals surface area contributed by atoms with Crippen molar-refractivity contribution in [1.29, 1.82) is 0 Å². The Morgan fingerprint density at radius 3 is 2.28 bits per heavy atom. The number of anilines is 1. The van der Waals surface area contributed by atoms with Crippen molar-refractivity contribution in [2.45, 2.75) is 20.0 Å². The number of hydrogen-bond donors (Lipinski definition) is 1. The van der Waals surface area contributed by atoms with E-state index >= 15 is 0 Å². The lowest BCUT2D eigenvalue weighted by Gasteiger charge is -2.26.